The summed E-state index contributed by atoms with van der Waals surface area (Å²) >= 11 is 0. The first-order valence-corrected chi connectivity index (χ1v) is 3.06. The molecular formula is C7H11NaO2. The summed E-state index contributed by atoms with van der Waals surface area (Å²) in [6.07, 6.45) is 3.47. The van der Waals surface area contributed by atoms with Crippen LogP contribution in [-0.2, 0) is 4.79 Å². The summed E-state index contributed by atoms with van der Waals surface area (Å²) in [5.74, 6) is -1.07. The molecule has 0 aliphatic heterocycles. The third-order valence-corrected chi connectivity index (χ3v) is 1.06. The molecule has 0 aliphatic rings. The summed E-state index contributed by atoms with van der Waals surface area (Å²) in [4.78, 5) is 10.0. The molecule has 2 nitrogen and oxygen atoms in total. The SMILES string of the molecule is CCCC=C(C)C(=O)[O-].[Na+]. The van der Waals surface area contributed by atoms with Crippen molar-refractivity contribution in [1.82, 2.24) is 0 Å². The Morgan fingerprint density at radius 3 is 2.40 bits per heavy atom. The molecular weight excluding hydrogens is 139 g/mol. The van der Waals surface area contributed by atoms with Crippen molar-refractivity contribution >= 4 is 5.97 Å². The van der Waals surface area contributed by atoms with Crippen molar-refractivity contribution in [2.24, 2.45) is 0 Å². The van der Waals surface area contributed by atoms with E-state index in [4.69, 9.17) is 0 Å². The Hall–Kier alpha value is 0.210. The number of carboxylic acids is 1. The van der Waals surface area contributed by atoms with Crippen molar-refractivity contribution in [3.63, 3.8) is 0 Å². The second kappa shape index (κ2) is 7.32. The molecule has 52 valence electrons. The van der Waals surface area contributed by atoms with E-state index in [-0.39, 0.29) is 29.6 Å². The van der Waals surface area contributed by atoms with Crippen LogP contribution in [0.3, 0.4) is 0 Å². The van der Waals surface area contributed by atoms with Crippen LogP contribution in [0.15, 0.2) is 11.6 Å². The Bertz CT molecular complexity index is 130. The van der Waals surface area contributed by atoms with E-state index in [0.29, 0.717) is 5.57 Å². The van der Waals surface area contributed by atoms with Gasteiger partial charge in [-0.15, -0.1) is 0 Å². The normalized spacial score (nSPS) is 10.4. The maximum Gasteiger partial charge on any atom is 1.00 e. The predicted octanol–water partition coefficient (Wildman–Crippen LogP) is -2.51. The largest absolute Gasteiger partial charge is 1.00 e. The molecule has 0 amide bonds. The van der Waals surface area contributed by atoms with Gasteiger partial charge in [-0.05, 0) is 18.9 Å². The van der Waals surface area contributed by atoms with Gasteiger partial charge < -0.3 is 9.90 Å². The molecule has 0 aliphatic carbocycles. The number of carboxylic acid groups (broad SMARTS) is 1. The van der Waals surface area contributed by atoms with E-state index in [1.807, 2.05) is 6.92 Å². The van der Waals surface area contributed by atoms with Gasteiger partial charge in [0.1, 0.15) is 0 Å². The first-order chi connectivity index (χ1) is 4.18. The van der Waals surface area contributed by atoms with Crippen LogP contribution in [0.1, 0.15) is 26.7 Å². The summed E-state index contributed by atoms with van der Waals surface area (Å²) in [5, 5.41) is 10.0. The first kappa shape index (κ1) is 12.8. The number of hydrogen-bond acceptors (Lipinski definition) is 2. The van der Waals surface area contributed by atoms with Crippen LogP contribution in [0.5, 0.6) is 0 Å². The molecule has 3 heteroatoms. The quantitative estimate of drug-likeness (QED) is 0.329. The molecule has 0 saturated carbocycles. The third kappa shape index (κ3) is 6.33. The molecule has 0 atom stereocenters. The van der Waals surface area contributed by atoms with E-state index in [0.717, 1.165) is 12.8 Å². The van der Waals surface area contributed by atoms with E-state index in [1.165, 1.54) is 0 Å². The van der Waals surface area contributed by atoms with Gasteiger partial charge in [-0.3, -0.25) is 0 Å². The van der Waals surface area contributed by atoms with E-state index < -0.39 is 5.97 Å². The molecule has 0 aromatic heterocycles. The molecule has 0 aromatic rings. The fourth-order valence-electron chi connectivity index (χ4n) is 0.444. The van der Waals surface area contributed by atoms with Gasteiger partial charge in [0.2, 0.25) is 0 Å². The fraction of sp³-hybridized carbons (Fsp3) is 0.571. The van der Waals surface area contributed by atoms with Crippen molar-refractivity contribution in [3.8, 4) is 0 Å². The maximum atomic E-state index is 10.0. The molecule has 10 heavy (non-hydrogen) atoms. The zero-order valence-corrected chi connectivity index (χ0v) is 8.81. The maximum absolute atomic E-state index is 10.0. The summed E-state index contributed by atoms with van der Waals surface area (Å²) in [6, 6.07) is 0. The molecule has 0 N–H and O–H groups in total. The standard InChI is InChI=1S/C7H12O2.Na/c1-3-4-5-6(2)7(8)9;/h5H,3-4H2,1-2H3,(H,8,9);/q;+1/p-1. The number of carbonyl (C=O) groups is 1. The first-order valence-electron chi connectivity index (χ1n) is 3.06. The Morgan fingerprint density at radius 2 is 2.10 bits per heavy atom. The Morgan fingerprint density at radius 1 is 1.60 bits per heavy atom. The topological polar surface area (TPSA) is 40.1 Å². The summed E-state index contributed by atoms with van der Waals surface area (Å²) < 4.78 is 0. The Labute approximate surface area is 83.6 Å². The summed E-state index contributed by atoms with van der Waals surface area (Å²) in [7, 11) is 0. The van der Waals surface area contributed by atoms with Crippen molar-refractivity contribution in [2.45, 2.75) is 26.7 Å². The molecule has 0 saturated heterocycles. The van der Waals surface area contributed by atoms with Gasteiger partial charge in [-0.2, -0.15) is 0 Å². The summed E-state index contributed by atoms with van der Waals surface area (Å²) in [6.45, 7) is 3.55. The molecule has 0 rings (SSSR count). The van der Waals surface area contributed by atoms with Crippen LogP contribution in [0.25, 0.3) is 0 Å². The summed E-state index contributed by atoms with van der Waals surface area (Å²) in [5.41, 5.74) is 0.330. The number of carbonyl (C=O) groups excluding carboxylic acids is 1. The van der Waals surface area contributed by atoms with Crippen molar-refractivity contribution < 1.29 is 39.5 Å². The monoisotopic (exact) mass is 150 g/mol. The minimum absolute atomic E-state index is 0. The van der Waals surface area contributed by atoms with Crippen molar-refractivity contribution in [2.75, 3.05) is 0 Å². The van der Waals surface area contributed by atoms with Crippen LogP contribution < -0.4 is 34.7 Å². The van der Waals surface area contributed by atoms with Gasteiger partial charge in [-0.1, -0.05) is 19.4 Å². The minimum atomic E-state index is -1.07. The van der Waals surface area contributed by atoms with Gasteiger partial charge in [0, 0.05) is 0 Å². The van der Waals surface area contributed by atoms with E-state index in [1.54, 1.807) is 13.0 Å². The second-order valence-corrected chi connectivity index (χ2v) is 1.96. The molecule has 0 bridgehead atoms. The van der Waals surface area contributed by atoms with Crippen LogP contribution >= 0.6 is 0 Å². The van der Waals surface area contributed by atoms with Gasteiger partial charge in [0.25, 0.3) is 0 Å². The van der Waals surface area contributed by atoms with E-state index in [2.05, 4.69) is 0 Å². The molecule has 0 spiro atoms. The third-order valence-electron chi connectivity index (χ3n) is 1.06. The van der Waals surface area contributed by atoms with Crippen molar-refractivity contribution in [3.05, 3.63) is 11.6 Å². The molecule has 0 heterocycles. The second-order valence-electron chi connectivity index (χ2n) is 1.96. The Kier molecular flexibility index (Phi) is 9.40. The zero-order chi connectivity index (χ0) is 7.28. The van der Waals surface area contributed by atoms with Crippen LogP contribution in [0, 0.1) is 0 Å². The Balaban J connectivity index is 0. The van der Waals surface area contributed by atoms with Crippen LogP contribution in [-0.4, -0.2) is 5.97 Å². The number of unbranched alkanes of at least 4 members (excludes halogenated alkanes) is 1. The average molecular weight is 150 g/mol. The van der Waals surface area contributed by atoms with Crippen LogP contribution in [0.4, 0.5) is 0 Å². The molecule has 0 radical (unpaired) electrons. The molecule has 0 aromatic carbocycles. The van der Waals surface area contributed by atoms with Gasteiger partial charge in [0.05, 0.1) is 5.97 Å². The van der Waals surface area contributed by atoms with Crippen molar-refractivity contribution in [1.29, 1.82) is 0 Å². The number of allylic oxidation sites excluding steroid dienone is 1. The number of aliphatic carboxylic acids is 1. The average Bonchev–Trinajstić information content (AvgIpc) is 1.82. The minimum Gasteiger partial charge on any atom is -0.545 e. The van der Waals surface area contributed by atoms with E-state index in [9.17, 15) is 9.90 Å². The van der Waals surface area contributed by atoms with E-state index >= 15 is 0 Å². The molecule has 0 fully saturated rings. The number of rotatable bonds is 3. The fourth-order valence-corrected chi connectivity index (χ4v) is 0.444. The van der Waals surface area contributed by atoms with Crippen LogP contribution in [0.2, 0.25) is 0 Å². The van der Waals surface area contributed by atoms with Gasteiger partial charge in [0.15, 0.2) is 0 Å². The van der Waals surface area contributed by atoms with Gasteiger partial charge in [-0.25, -0.2) is 0 Å². The zero-order valence-electron chi connectivity index (χ0n) is 6.81. The van der Waals surface area contributed by atoms with Gasteiger partial charge >= 0.3 is 29.6 Å². The smallest absolute Gasteiger partial charge is 0.545 e. The predicted molar refractivity (Wildman–Crippen MR) is 33.7 cm³/mol. The molecule has 0 unspecified atom stereocenters. The number of hydrogen-bond donors (Lipinski definition) is 0.